The summed E-state index contributed by atoms with van der Waals surface area (Å²) in [6, 6.07) is 66.0. The summed E-state index contributed by atoms with van der Waals surface area (Å²) in [5.74, 6) is 6.49. The van der Waals surface area contributed by atoms with Crippen LogP contribution in [0.15, 0.2) is 182 Å². The van der Waals surface area contributed by atoms with Crippen LogP contribution in [0, 0.1) is 17.8 Å². The number of ether oxygens (including phenoxy) is 1. The standard InChI is InChI=1S/C60H45N3O/c1-2-13-42-33-43(25-24-40(42)12-1)57-61-56(41-26-28-44(29-27-41)59-34-37-30-38(35-59)32-39(31-37)36-59)62-58(63-57)47-15-4-3-14-45(47)46-17-11-21-52-55(46)48-16-5-6-18-49(48)60(52)50-19-7-9-22-53(50)64-54-23-10-8-20-51(54)60/h1-29,33,37-39H,30-32,34-36H2/t37-,38-,39?,59?/m1/s1. The monoisotopic (exact) mass is 823 g/mol. The molecule has 64 heavy (non-hydrogen) atoms. The van der Waals surface area contributed by atoms with E-state index in [1.807, 2.05) is 0 Å². The zero-order chi connectivity index (χ0) is 42.0. The largest absolute Gasteiger partial charge is 0.457 e. The predicted molar refractivity (Wildman–Crippen MR) is 256 cm³/mol. The highest BCUT2D eigenvalue weighted by Gasteiger charge is 2.53. The first-order chi connectivity index (χ1) is 31.6. The predicted octanol–water partition coefficient (Wildman–Crippen LogP) is 14.6. The summed E-state index contributed by atoms with van der Waals surface area (Å²) in [5.41, 5.74) is 13.7. The van der Waals surface area contributed by atoms with Crippen molar-refractivity contribution in [3.8, 4) is 67.9 Å². The summed E-state index contributed by atoms with van der Waals surface area (Å²) in [6.07, 6.45) is 8.37. The molecule has 0 saturated heterocycles. The molecule has 1 spiro atoms. The number of rotatable bonds is 5. The second-order valence-electron chi connectivity index (χ2n) is 19.3. The van der Waals surface area contributed by atoms with Gasteiger partial charge in [-0.15, -0.1) is 0 Å². The molecule has 2 heterocycles. The number of benzene rings is 8. The van der Waals surface area contributed by atoms with Crippen LogP contribution in [0.25, 0.3) is 67.2 Å². The van der Waals surface area contributed by atoms with Gasteiger partial charge in [0.25, 0.3) is 0 Å². The van der Waals surface area contributed by atoms with Crippen molar-refractivity contribution in [3.63, 3.8) is 0 Å². The molecule has 9 aromatic rings. The molecule has 306 valence electrons. The van der Waals surface area contributed by atoms with E-state index < -0.39 is 5.41 Å². The highest BCUT2D eigenvalue weighted by molar-refractivity contribution is 5.99. The molecule has 4 fully saturated rings. The van der Waals surface area contributed by atoms with E-state index in [1.54, 1.807) is 0 Å². The minimum atomic E-state index is -0.561. The fourth-order valence-electron chi connectivity index (χ4n) is 13.6. The Labute approximate surface area is 373 Å². The lowest BCUT2D eigenvalue weighted by atomic mass is 9.48. The van der Waals surface area contributed by atoms with E-state index in [4.69, 9.17) is 19.7 Å². The molecule has 0 amide bonds. The van der Waals surface area contributed by atoms with Crippen molar-refractivity contribution in [3.05, 3.63) is 210 Å². The summed E-state index contributed by atoms with van der Waals surface area (Å²) in [5, 5.41) is 2.35. The zero-order valence-corrected chi connectivity index (χ0v) is 35.5. The lowest BCUT2D eigenvalue weighted by molar-refractivity contribution is -0.00518. The van der Waals surface area contributed by atoms with Crippen LogP contribution in [0.4, 0.5) is 0 Å². The Morgan fingerprint density at radius 1 is 0.391 bits per heavy atom. The van der Waals surface area contributed by atoms with Crippen molar-refractivity contribution >= 4 is 10.8 Å². The van der Waals surface area contributed by atoms with Crippen molar-refractivity contribution in [2.75, 3.05) is 0 Å². The average Bonchev–Trinajstić information content (AvgIpc) is 3.64. The Bertz CT molecular complexity index is 3290. The molecule has 15 rings (SSSR count). The van der Waals surface area contributed by atoms with Crippen LogP contribution in [0.1, 0.15) is 66.3 Å². The molecule has 0 N–H and O–H groups in total. The number of para-hydroxylation sites is 2. The van der Waals surface area contributed by atoms with Gasteiger partial charge < -0.3 is 4.74 Å². The molecule has 6 aliphatic rings. The quantitative estimate of drug-likeness (QED) is 0.173. The topological polar surface area (TPSA) is 47.9 Å². The van der Waals surface area contributed by atoms with Gasteiger partial charge in [-0.3, -0.25) is 0 Å². The molecule has 4 saturated carbocycles. The van der Waals surface area contributed by atoms with E-state index in [0.717, 1.165) is 73.6 Å². The minimum Gasteiger partial charge on any atom is -0.457 e. The molecule has 0 radical (unpaired) electrons. The van der Waals surface area contributed by atoms with Gasteiger partial charge in [0.2, 0.25) is 0 Å². The maximum atomic E-state index is 6.64. The second kappa shape index (κ2) is 13.7. The number of fused-ring (bicyclic) bond motifs is 10. The van der Waals surface area contributed by atoms with E-state index in [1.165, 1.54) is 71.7 Å². The van der Waals surface area contributed by atoms with E-state index in [-0.39, 0.29) is 0 Å². The molecule has 0 atom stereocenters. The van der Waals surface area contributed by atoms with Crippen LogP contribution in [-0.2, 0) is 10.8 Å². The van der Waals surface area contributed by atoms with Crippen molar-refractivity contribution in [1.82, 2.24) is 15.0 Å². The summed E-state index contributed by atoms with van der Waals surface area (Å²) in [6.45, 7) is 0. The molecule has 1 aliphatic heterocycles. The fraction of sp³-hybridized carbons (Fsp3) is 0.183. The van der Waals surface area contributed by atoms with Crippen LogP contribution in [0.2, 0.25) is 0 Å². The highest BCUT2D eigenvalue weighted by atomic mass is 16.5. The fourth-order valence-corrected chi connectivity index (χ4v) is 13.6. The van der Waals surface area contributed by atoms with Crippen molar-refractivity contribution < 1.29 is 4.74 Å². The van der Waals surface area contributed by atoms with Crippen LogP contribution >= 0.6 is 0 Å². The Balaban J connectivity index is 0.955. The van der Waals surface area contributed by atoms with Gasteiger partial charge >= 0.3 is 0 Å². The van der Waals surface area contributed by atoms with Crippen molar-refractivity contribution in [1.29, 1.82) is 0 Å². The van der Waals surface area contributed by atoms with E-state index in [9.17, 15) is 0 Å². The lowest BCUT2D eigenvalue weighted by Gasteiger charge is -2.57. The lowest BCUT2D eigenvalue weighted by Crippen LogP contribution is -2.48. The van der Waals surface area contributed by atoms with E-state index in [2.05, 4.69) is 182 Å². The third kappa shape index (κ3) is 5.26. The third-order valence-corrected chi connectivity index (χ3v) is 15.8. The van der Waals surface area contributed by atoms with Gasteiger partial charge in [-0.05, 0) is 130 Å². The molecule has 4 heteroatoms. The minimum absolute atomic E-state index is 0.328. The highest BCUT2D eigenvalue weighted by Crippen LogP contribution is 2.64. The Hall–Kier alpha value is -7.17. The summed E-state index contributed by atoms with van der Waals surface area (Å²) < 4.78 is 6.64. The van der Waals surface area contributed by atoms with Crippen LogP contribution < -0.4 is 4.74 Å². The average molecular weight is 824 g/mol. The Morgan fingerprint density at radius 3 is 1.61 bits per heavy atom. The SMILES string of the molecule is c1ccc2c(c1)Oc1ccccc1C21c2ccccc2-c2c(-c3ccccc3-c3nc(-c4ccc(C56CC7C[C@H](C5)C[C@H](C7)C6)cc4)nc(-c4ccc5ccccc5c4)n3)cccc21. The summed E-state index contributed by atoms with van der Waals surface area (Å²) in [4.78, 5) is 16.1. The summed E-state index contributed by atoms with van der Waals surface area (Å²) >= 11 is 0. The molecule has 0 unspecified atom stereocenters. The Kier molecular flexibility index (Phi) is 7.76. The number of hydrogen-bond donors (Lipinski definition) is 0. The molecular formula is C60H45N3O. The van der Waals surface area contributed by atoms with E-state index in [0.29, 0.717) is 22.9 Å². The molecule has 5 aliphatic carbocycles. The van der Waals surface area contributed by atoms with Crippen molar-refractivity contribution in [2.45, 2.75) is 49.4 Å². The molecular weight excluding hydrogens is 779 g/mol. The van der Waals surface area contributed by atoms with Crippen LogP contribution in [0.5, 0.6) is 11.5 Å². The summed E-state index contributed by atoms with van der Waals surface area (Å²) in [7, 11) is 0. The van der Waals surface area contributed by atoms with Crippen LogP contribution in [-0.4, -0.2) is 15.0 Å². The van der Waals surface area contributed by atoms with Gasteiger partial charge in [0.05, 0.1) is 5.41 Å². The first kappa shape index (κ1) is 36.3. The second-order valence-corrected chi connectivity index (χ2v) is 19.3. The normalized spacial score (nSPS) is 21.5. The van der Waals surface area contributed by atoms with Gasteiger partial charge in [-0.2, -0.15) is 0 Å². The molecule has 4 nitrogen and oxygen atoms in total. The first-order valence-corrected chi connectivity index (χ1v) is 23.2. The first-order valence-electron chi connectivity index (χ1n) is 23.2. The molecule has 8 aromatic carbocycles. The van der Waals surface area contributed by atoms with E-state index >= 15 is 0 Å². The zero-order valence-electron chi connectivity index (χ0n) is 35.5. The maximum Gasteiger partial charge on any atom is 0.164 e. The molecule has 4 bridgehead atoms. The number of hydrogen-bond acceptors (Lipinski definition) is 4. The van der Waals surface area contributed by atoms with Crippen molar-refractivity contribution in [2.24, 2.45) is 17.8 Å². The van der Waals surface area contributed by atoms with Gasteiger partial charge in [0.1, 0.15) is 11.5 Å². The van der Waals surface area contributed by atoms with Gasteiger partial charge in [-0.1, -0.05) is 164 Å². The smallest absolute Gasteiger partial charge is 0.164 e. The third-order valence-electron chi connectivity index (χ3n) is 15.8. The maximum absolute atomic E-state index is 6.64. The van der Waals surface area contributed by atoms with Gasteiger partial charge in [-0.25, -0.2) is 15.0 Å². The van der Waals surface area contributed by atoms with Gasteiger partial charge in [0.15, 0.2) is 17.5 Å². The number of nitrogens with zero attached hydrogens (tertiary/aromatic N) is 3. The Morgan fingerprint density at radius 2 is 0.906 bits per heavy atom. The number of aromatic nitrogens is 3. The van der Waals surface area contributed by atoms with Crippen LogP contribution in [0.3, 0.4) is 0 Å². The van der Waals surface area contributed by atoms with Gasteiger partial charge in [0, 0.05) is 27.8 Å². The molecule has 1 aromatic heterocycles.